The Balaban J connectivity index is 1.83. The van der Waals surface area contributed by atoms with Crippen LogP contribution in [-0.2, 0) is 14.3 Å². The van der Waals surface area contributed by atoms with E-state index in [4.69, 9.17) is 14.2 Å². The van der Waals surface area contributed by atoms with Gasteiger partial charge in [-0.25, -0.2) is 4.79 Å². The Kier molecular flexibility index (Phi) is 7.37. The van der Waals surface area contributed by atoms with Gasteiger partial charge in [-0.2, -0.15) is 0 Å². The number of ether oxygens (including phenoxy) is 3. The molecular weight excluding hydrogens is 410 g/mol. The lowest BCUT2D eigenvalue weighted by atomic mass is 10.1. The molecule has 0 aliphatic rings. The van der Waals surface area contributed by atoms with Crippen LogP contribution < -0.4 is 4.74 Å². The van der Waals surface area contributed by atoms with Gasteiger partial charge in [-0.1, -0.05) is 42.5 Å². The summed E-state index contributed by atoms with van der Waals surface area (Å²) in [6, 6.07) is 20.8. The molecule has 7 heteroatoms. The van der Waals surface area contributed by atoms with Crippen molar-refractivity contribution < 1.29 is 23.9 Å². The number of methoxy groups -OCH3 is 2. The third-order valence-electron chi connectivity index (χ3n) is 4.48. The quantitative estimate of drug-likeness (QED) is 0.113. The predicted molar refractivity (Wildman–Crippen MR) is 122 cm³/mol. The van der Waals surface area contributed by atoms with E-state index >= 15 is 0 Å². The first kappa shape index (κ1) is 22.3. The van der Waals surface area contributed by atoms with Gasteiger partial charge in [0.1, 0.15) is 17.1 Å². The molecule has 0 aromatic heterocycles. The first-order valence-electron chi connectivity index (χ1n) is 9.63. The average Bonchev–Trinajstić information content (AvgIpc) is 2.82. The first-order valence-corrected chi connectivity index (χ1v) is 9.63. The molecule has 0 aliphatic heterocycles. The van der Waals surface area contributed by atoms with Crippen LogP contribution >= 0.6 is 0 Å². The van der Waals surface area contributed by atoms with Crippen LogP contribution in [0.2, 0.25) is 0 Å². The Morgan fingerprint density at radius 3 is 2.31 bits per heavy atom. The lowest BCUT2D eigenvalue weighted by molar-refractivity contribution is -0.384. The Morgan fingerprint density at radius 2 is 1.62 bits per heavy atom. The van der Waals surface area contributed by atoms with Gasteiger partial charge in [-0.05, 0) is 41.5 Å². The number of nitro benzene ring substituents is 1. The number of esters is 1. The van der Waals surface area contributed by atoms with Gasteiger partial charge in [-0.15, -0.1) is 0 Å². The number of para-hydroxylation sites is 1. The van der Waals surface area contributed by atoms with Crippen molar-refractivity contribution in [2.24, 2.45) is 0 Å². The highest BCUT2D eigenvalue weighted by molar-refractivity contribution is 6.17. The highest BCUT2D eigenvalue weighted by Crippen LogP contribution is 2.31. The van der Waals surface area contributed by atoms with Crippen molar-refractivity contribution in [2.45, 2.75) is 0 Å². The lowest BCUT2D eigenvalue weighted by Gasteiger charge is -2.13. The van der Waals surface area contributed by atoms with Crippen LogP contribution in [0.25, 0.3) is 17.7 Å². The molecule has 7 nitrogen and oxygen atoms in total. The minimum Gasteiger partial charge on any atom is -0.503 e. The Hall–Kier alpha value is -4.39. The molecule has 0 unspecified atom stereocenters. The Morgan fingerprint density at radius 1 is 0.906 bits per heavy atom. The van der Waals surface area contributed by atoms with Gasteiger partial charge in [0.25, 0.3) is 5.69 Å². The van der Waals surface area contributed by atoms with Crippen molar-refractivity contribution in [1.82, 2.24) is 0 Å². The zero-order valence-corrected chi connectivity index (χ0v) is 17.6. The van der Waals surface area contributed by atoms with Crippen molar-refractivity contribution in [2.75, 3.05) is 14.2 Å². The summed E-state index contributed by atoms with van der Waals surface area (Å²) < 4.78 is 15.9. The van der Waals surface area contributed by atoms with Gasteiger partial charge in [-0.3, -0.25) is 10.1 Å². The first-order chi connectivity index (χ1) is 15.5. The molecule has 162 valence electrons. The van der Waals surface area contributed by atoms with E-state index in [0.717, 1.165) is 11.1 Å². The van der Waals surface area contributed by atoms with E-state index in [1.54, 1.807) is 42.5 Å². The predicted octanol–water partition coefficient (Wildman–Crippen LogP) is 5.72. The molecular formula is C25H21NO6. The van der Waals surface area contributed by atoms with Crippen LogP contribution in [0.3, 0.4) is 0 Å². The van der Waals surface area contributed by atoms with Crippen molar-refractivity contribution in [1.29, 1.82) is 0 Å². The molecule has 0 spiro atoms. The van der Waals surface area contributed by atoms with Crippen molar-refractivity contribution in [3.63, 3.8) is 0 Å². The molecule has 0 fully saturated rings. The van der Waals surface area contributed by atoms with Crippen LogP contribution in [0.15, 0.2) is 79.1 Å². The third-order valence-corrected chi connectivity index (χ3v) is 4.48. The standard InChI is InChI=1S/C25H21NO6/c1-30-17-23(25(27)31-2)22-8-3-4-9-24(22)32-21-7-5-6-19(16-21)11-10-18-12-14-20(15-13-18)26(28)29/h3-17H,1-2H3/b11-10+,23-17+. The lowest BCUT2D eigenvalue weighted by Crippen LogP contribution is -2.05. The van der Waals surface area contributed by atoms with Gasteiger partial charge in [0.15, 0.2) is 0 Å². The second-order valence-electron chi connectivity index (χ2n) is 6.61. The van der Waals surface area contributed by atoms with E-state index in [1.807, 2.05) is 30.4 Å². The molecule has 0 bridgehead atoms. The number of hydrogen-bond donors (Lipinski definition) is 0. The highest BCUT2D eigenvalue weighted by Gasteiger charge is 2.18. The minimum atomic E-state index is -0.539. The monoisotopic (exact) mass is 431 g/mol. The van der Waals surface area contributed by atoms with E-state index in [9.17, 15) is 14.9 Å². The van der Waals surface area contributed by atoms with Gasteiger partial charge in [0.05, 0.1) is 25.4 Å². The number of nitrogens with zero attached hydrogens (tertiary/aromatic N) is 1. The summed E-state index contributed by atoms with van der Waals surface area (Å²) in [5.41, 5.74) is 2.52. The van der Waals surface area contributed by atoms with Gasteiger partial charge >= 0.3 is 5.97 Å². The fraction of sp³-hybridized carbons (Fsp3) is 0.0800. The van der Waals surface area contributed by atoms with E-state index in [2.05, 4.69) is 0 Å². The number of benzene rings is 3. The van der Waals surface area contributed by atoms with E-state index < -0.39 is 10.9 Å². The summed E-state index contributed by atoms with van der Waals surface area (Å²) >= 11 is 0. The number of non-ortho nitro benzene ring substituents is 1. The summed E-state index contributed by atoms with van der Waals surface area (Å²) in [5, 5.41) is 10.8. The molecule has 0 radical (unpaired) electrons. The molecule has 3 rings (SSSR count). The SMILES string of the molecule is CO/C=C(/C(=O)OC)c1ccccc1Oc1cccc(/C=C/c2ccc([N+](=O)[O-])cc2)c1. The van der Waals surface area contributed by atoms with Crippen molar-refractivity contribution in [3.05, 3.63) is 106 Å². The fourth-order valence-electron chi connectivity index (χ4n) is 2.94. The van der Waals surface area contributed by atoms with E-state index in [-0.39, 0.29) is 11.3 Å². The molecule has 0 aliphatic carbocycles. The molecule has 32 heavy (non-hydrogen) atoms. The third kappa shape index (κ3) is 5.60. The maximum absolute atomic E-state index is 12.2. The molecule has 0 heterocycles. The molecule has 0 saturated heterocycles. The number of nitro groups is 1. The molecule has 0 atom stereocenters. The summed E-state index contributed by atoms with van der Waals surface area (Å²) in [6.45, 7) is 0. The smallest absolute Gasteiger partial charge is 0.341 e. The molecule has 3 aromatic carbocycles. The summed E-state index contributed by atoms with van der Waals surface area (Å²) in [5.74, 6) is 0.505. The molecule has 0 saturated carbocycles. The topological polar surface area (TPSA) is 87.9 Å². The number of carbonyl (C=O) groups excluding carboxylic acids is 1. The second-order valence-corrected chi connectivity index (χ2v) is 6.61. The average molecular weight is 431 g/mol. The molecule has 3 aromatic rings. The van der Waals surface area contributed by atoms with E-state index in [0.29, 0.717) is 17.1 Å². The second kappa shape index (κ2) is 10.6. The van der Waals surface area contributed by atoms with Crippen LogP contribution in [0.5, 0.6) is 11.5 Å². The zero-order chi connectivity index (χ0) is 22.9. The van der Waals surface area contributed by atoms with Gasteiger partial charge in [0, 0.05) is 17.7 Å². The Labute approximate surface area is 185 Å². The van der Waals surface area contributed by atoms with Crippen LogP contribution in [0.4, 0.5) is 5.69 Å². The normalized spacial score (nSPS) is 11.2. The summed E-state index contributed by atoms with van der Waals surface area (Å²) in [6.07, 6.45) is 5.05. The number of rotatable bonds is 8. The van der Waals surface area contributed by atoms with E-state index in [1.165, 1.54) is 32.6 Å². The maximum Gasteiger partial charge on any atom is 0.341 e. The van der Waals surface area contributed by atoms with Crippen molar-refractivity contribution >= 4 is 29.4 Å². The highest BCUT2D eigenvalue weighted by atomic mass is 16.6. The number of carbonyl (C=O) groups is 1. The molecule has 0 N–H and O–H groups in total. The summed E-state index contributed by atoms with van der Waals surface area (Å²) in [4.78, 5) is 22.5. The van der Waals surface area contributed by atoms with Gasteiger partial charge < -0.3 is 14.2 Å². The largest absolute Gasteiger partial charge is 0.503 e. The van der Waals surface area contributed by atoms with Crippen molar-refractivity contribution in [3.8, 4) is 11.5 Å². The number of hydrogen-bond acceptors (Lipinski definition) is 6. The zero-order valence-electron chi connectivity index (χ0n) is 17.6. The Bertz CT molecular complexity index is 1170. The van der Waals surface area contributed by atoms with Crippen LogP contribution in [0.1, 0.15) is 16.7 Å². The van der Waals surface area contributed by atoms with Crippen LogP contribution in [0, 0.1) is 10.1 Å². The summed E-state index contributed by atoms with van der Waals surface area (Å²) in [7, 11) is 2.75. The van der Waals surface area contributed by atoms with Crippen LogP contribution in [-0.4, -0.2) is 25.1 Å². The maximum atomic E-state index is 12.2. The minimum absolute atomic E-state index is 0.0464. The fourth-order valence-corrected chi connectivity index (χ4v) is 2.94. The van der Waals surface area contributed by atoms with Gasteiger partial charge in [0.2, 0.25) is 0 Å². The molecule has 0 amide bonds.